The Labute approximate surface area is 85.0 Å². The predicted molar refractivity (Wildman–Crippen MR) is 57.4 cm³/mol. The van der Waals surface area contributed by atoms with Gasteiger partial charge in [-0.3, -0.25) is 0 Å². The molecule has 0 spiro atoms. The molecule has 0 saturated carbocycles. The van der Waals surface area contributed by atoms with Crippen LogP contribution in [0.25, 0.3) is 10.2 Å². The molecule has 0 aliphatic rings. The van der Waals surface area contributed by atoms with E-state index in [4.69, 9.17) is 0 Å². The Morgan fingerprint density at radius 1 is 1.46 bits per heavy atom. The molecule has 0 saturated heterocycles. The first-order chi connectivity index (χ1) is 6.31. The van der Waals surface area contributed by atoms with Crippen LogP contribution in [0.2, 0.25) is 0 Å². The maximum atomic E-state index is 10.5. The summed E-state index contributed by atoms with van der Waals surface area (Å²) in [4.78, 5) is 14.8. The topological polar surface area (TPSA) is 30.0 Å². The Kier molecular flexibility index (Phi) is 2.33. The van der Waals surface area contributed by atoms with E-state index in [1.807, 2.05) is 24.3 Å². The number of nitrogens with zero attached hydrogens (tertiary/aromatic N) is 1. The van der Waals surface area contributed by atoms with Crippen LogP contribution >= 0.6 is 24.0 Å². The summed E-state index contributed by atoms with van der Waals surface area (Å²) in [5, 5.41) is 0.372. The number of aldehydes is 1. The van der Waals surface area contributed by atoms with E-state index in [2.05, 4.69) is 17.6 Å². The number of aromatic nitrogens is 1. The average Bonchev–Trinajstić information content (AvgIpc) is 2.59. The minimum absolute atomic E-state index is 0.391. The molecule has 66 valence electrons. The fourth-order valence-electron chi connectivity index (χ4n) is 1.07. The molecular formula is C9H7NOS2. The van der Waals surface area contributed by atoms with Crippen molar-refractivity contribution in [2.75, 3.05) is 0 Å². The summed E-state index contributed by atoms with van der Waals surface area (Å²) in [5.74, 6) is 0. The van der Waals surface area contributed by atoms with E-state index in [1.54, 1.807) is 0 Å². The van der Waals surface area contributed by atoms with Crippen LogP contribution in [0, 0.1) is 0 Å². The van der Waals surface area contributed by atoms with Crippen LogP contribution in [-0.2, 0) is 4.79 Å². The van der Waals surface area contributed by atoms with Gasteiger partial charge in [-0.25, -0.2) is 4.98 Å². The molecule has 0 fully saturated rings. The van der Waals surface area contributed by atoms with Crippen molar-refractivity contribution in [2.45, 2.75) is 5.25 Å². The minimum atomic E-state index is -0.391. The van der Waals surface area contributed by atoms with Crippen molar-refractivity contribution >= 4 is 40.5 Å². The van der Waals surface area contributed by atoms with Gasteiger partial charge in [0.2, 0.25) is 0 Å². The Morgan fingerprint density at radius 2 is 2.23 bits per heavy atom. The smallest absolute Gasteiger partial charge is 0.139 e. The molecular weight excluding hydrogens is 202 g/mol. The van der Waals surface area contributed by atoms with Crippen molar-refractivity contribution in [3.05, 3.63) is 29.3 Å². The summed E-state index contributed by atoms with van der Waals surface area (Å²) in [7, 11) is 0. The highest BCUT2D eigenvalue weighted by atomic mass is 32.1. The zero-order valence-corrected chi connectivity index (χ0v) is 8.39. The summed E-state index contributed by atoms with van der Waals surface area (Å²) in [5.41, 5.74) is 0.934. The van der Waals surface area contributed by atoms with Gasteiger partial charge in [-0.2, -0.15) is 12.6 Å². The highest BCUT2D eigenvalue weighted by Gasteiger charge is 2.10. The molecule has 1 aromatic heterocycles. The second-order valence-electron chi connectivity index (χ2n) is 2.60. The molecule has 2 aromatic rings. The van der Waals surface area contributed by atoms with Gasteiger partial charge in [0.25, 0.3) is 0 Å². The van der Waals surface area contributed by atoms with Gasteiger partial charge in [0, 0.05) is 0 Å². The third-order valence-corrected chi connectivity index (χ3v) is 3.35. The Balaban J connectivity index is 2.55. The fraction of sp³-hybridized carbons (Fsp3) is 0.111. The van der Waals surface area contributed by atoms with E-state index in [0.29, 0.717) is 0 Å². The van der Waals surface area contributed by atoms with Crippen LogP contribution < -0.4 is 0 Å². The molecule has 0 amide bonds. The third kappa shape index (κ3) is 1.59. The van der Waals surface area contributed by atoms with Gasteiger partial charge < -0.3 is 4.79 Å². The van der Waals surface area contributed by atoms with E-state index in [0.717, 1.165) is 21.5 Å². The second kappa shape index (κ2) is 3.47. The Bertz CT molecular complexity index is 405. The lowest BCUT2D eigenvalue weighted by atomic mass is 10.3. The highest BCUT2D eigenvalue weighted by Crippen LogP contribution is 2.27. The minimum Gasteiger partial charge on any atom is -0.302 e. The predicted octanol–water partition coefficient (Wildman–Crippen LogP) is 2.47. The first-order valence-electron chi connectivity index (χ1n) is 3.80. The largest absolute Gasteiger partial charge is 0.302 e. The quantitative estimate of drug-likeness (QED) is 0.608. The van der Waals surface area contributed by atoms with E-state index in [-0.39, 0.29) is 0 Å². The number of rotatable bonds is 2. The van der Waals surface area contributed by atoms with Crippen molar-refractivity contribution in [3.8, 4) is 0 Å². The lowest BCUT2D eigenvalue weighted by Gasteiger charge is -1.92. The number of thiol groups is 1. The van der Waals surface area contributed by atoms with Crippen molar-refractivity contribution in [3.63, 3.8) is 0 Å². The molecule has 1 aromatic carbocycles. The van der Waals surface area contributed by atoms with Gasteiger partial charge in [0.1, 0.15) is 16.5 Å². The summed E-state index contributed by atoms with van der Waals surface area (Å²) in [6.45, 7) is 0. The molecule has 0 bridgehead atoms. The summed E-state index contributed by atoms with van der Waals surface area (Å²) >= 11 is 5.62. The first-order valence-corrected chi connectivity index (χ1v) is 5.13. The molecule has 0 aliphatic carbocycles. The van der Waals surface area contributed by atoms with Crippen LogP contribution in [0.1, 0.15) is 10.3 Å². The molecule has 4 heteroatoms. The van der Waals surface area contributed by atoms with Crippen LogP contribution in [0.3, 0.4) is 0 Å². The Hall–Kier alpha value is -0.870. The maximum Gasteiger partial charge on any atom is 0.139 e. The fourth-order valence-corrected chi connectivity index (χ4v) is 2.20. The van der Waals surface area contributed by atoms with E-state index in [1.165, 1.54) is 11.3 Å². The lowest BCUT2D eigenvalue weighted by Crippen LogP contribution is -1.88. The van der Waals surface area contributed by atoms with Crippen molar-refractivity contribution in [1.29, 1.82) is 0 Å². The molecule has 2 nitrogen and oxygen atoms in total. The van der Waals surface area contributed by atoms with Crippen LogP contribution in [0.4, 0.5) is 0 Å². The number of para-hydroxylation sites is 1. The second-order valence-corrected chi connectivity index (χ2v) is 4.22. The summed E-state index contributed by atoms with van der Waals surface area (Å²) < 4.78 is 1.10. The maximum absolute atomic E-state index is 10.5. The first kappa shape index (κ1) is 8.72. The number of carbonyl (C=O) groups excluding carboxylic acids is 1. The zero-order chi connectivity index (χ0) is 9.26. The number of benzene rings is 1. The third-order valence-electron chi connectivity index (χ3n) is 1.69. The lowest BCUT2D eigenvalue weighted by molar-refractivity contribution is -0.107. The average molecular weight is 209 g/mol. The molecule has 13 heavy (non-hydrogen) atoms. The molecule has 1 unspecified atom stereocenters. The van der Waals surface area contributed by atoms with Crippen LogP contribution in [0.5, 0.6) is 0 Å². The molecule has 0 radical (unpaired) electrons. The summed E-state index contributed by atoms with van der Waals surface area (Å²) in [6, 6.07) is 7.81. The van der Waals surface area contributed by atoms with Gasteiger partial charge >= 0.3 is 0 Å². The van der Waals surface area contributed by atoms with Gasteiger partial charge in [0.15, 0.2) is 0 Å². The van der Waals surface area contributed by atoms with Crippen molar-refractivity contribution < 1.29 is 4.79 Å². The van der Waals surface area contributed by atoms with Crippen molar-refractivity contribution in [1.82, 2.24) is 4.98 Å². The van der Waals surface area contributed by atoms with E-state index >= 15 is 0 Å². The van der Waals surface area contributed by atoms with E-state index < -0.39 is 5.25 Å². The van der Waals surface area contributed by atoms with Gasteiger partial charge in [-0.05, 0) is 12.1 Å². The number of thiazole rings is 1. The monoisotopic (exact) mass is 209 g/mol. The molecule has 0 N–H and O–H groups in total. The van der Waals surface area contributed by atoms with Gasteiger partial charge in [0.05, 0.1) is 10.2 Å². The zero-order valence-electron chi connectivity index (χ0n) is 6.68. The number of hydrogen-bond donors (Lipinski definition) is 1. The van der Waals surface area contributed by atoms with Crippen LogP contribution in [-0.4, -0.2) is 11.3 Å². The Morgan fingerprint density at radius 3 is 2.92 bits per heavy atom. The van der Waals surface area contributed by atoms with Crippen LogP contribution in [0.15, 0.2) is 24.3 Å². The van der Waals surface area contributed by atoms with Gasteiger partial charge in [-0.1, -0.05) is 12.1 Å². The molecule has 0 aliphatic heterocycles. The van der Waals surface area contributed by atoms with Crippen molar-refractivity contribution in [2.24, 2.45) is 0 Å². The normalized spacial score (nSPS) is 13.0. The molecule has 1 atom stereocenters. The molecule has 2 rings (SSSR count). The summed E-state index contributed by atoms with van der Waals surface area (Å²) in [6.07, 6.45) is 0.792. The molecule has 1 heterocycles. The standard InChI is InChI=1S/C9H7NOS2/c11-5-7(12)9-10-6-3-1-2-4-8(6)13-9/h1-5,7,12H. The number of hydrogen-bond acceptors (Lipinski definition) is 4. The van der Waals surface area contributed by atoms with Gasteiger partial charge in [-0.15, -0.1) is 11.3 Å². The number of fused-ring (bicyclic) bond motifs is 1. The number of carbonyl (C=O) groups is 1. The SMILES string of the molecule is O=CC(S)c1nc2ccccc2s1. The highest BCUT2D eigenvalue weighted by molar-refractivity contribution is 7.81. The van der Waals surface area contributed by atoms with E-state index in [9.17, 15) is 4.79 Å².